The normalized spacial score (nSPS) is 14.6. The van der Waals surface area contributed by atoms with Gasteiger partial charge in [-0.3, -0.25) is 28.8 Å². The first-order chi connectivity index (χ1) is 23.7. The van der Waals surface area contributed by atoms with E-state index in [1.165, 1.54) is 0 Å². The maximum absolute atomic E-state index is 15.1. The van der Waals surface area contributed by atoms with Crippen molar-refractivity contribution in [3.63, 3.8) is 0 Å². The second kappa shape index (κ2) is 11.2. The van der Waals surface area contributed by atoms with Gasteiger partial charge in [0.2, 0.25) is 5.41 Å². The maximum atomic E-state index is 15.1. The predicted octanol–water partition coefficient (Wildman–Crippen LogP) is 4.06. The Morgan fingerprint density at radius 1 is 0.490 bits per heavy atom. The number of rotatable bonds is 6. The van der Waals surface area contributed by atoms with Crippen molar-refractivity contribution >= 4 is 58.2 Å². The summed E-state index contributed by atoms with van der Waals surface area (Å²) < 4.78 is 90.8. The van der Waals surface area contributed by atoms with Crippen molar-refractivity contribution in [2.24, 2.45) is 11.5 Å². The molecule has 0 saturated carbocycles. The number of alkyl halides is 6. The van der Waals surface area contributed by atoms with Crippen molar-refractivity contribution in [2.75, 3.05) is 21.3 Å². The van der Waals surface area contributed by atoms with Crippen molar-refractivity contribution < 1.29 is 55.1 Å². The van der Waals surface area contributed by atoms with Crippen molar-refractivity contribution in [3.8, 4) is 0 Å². The number of nitrogen functional groups attached to an aromatic ring is 2. The second-order valence-electron chi connectivity index (χ2n) is 11.4. The van der Waals surface area contributed by atoms with E-state index in [1.807, 2.05) is 0 Å². The summed E-state index contributed by atoms with van der Waals surface area (Å²) in [4.78, 5) is 77.8. The first-order valence-corrected chi connectivity index (χ1v) is 14.3. The van der Waals surface area contributed by atoms with E-state index in [2.05, 4.69) is 0 Å². The molecule has 18 heteroatoms. The molecule has 8 N–H and O–H groups in total. The summed E-state index contributed by atoms with van der Waals surface area (Å²) >= 11 is 0. The van der Waals surface area contributed by atoms with Crippen LogP contribution in [0.25, 0.3) is 0 Å². The fraction of sp³-hybridized carbons (Fsp3) is 0.0909. The molecule has 0 radical (unpaired) electrons. The third kappa shape index (κ3) is 4.85. The quantitative estimate of drug-likeness (QED) is 0.130. The smallest absolute Gasteiger partial charge is 0.398 e. The number of amides is 6. The molecule has 6 amide bonds. The molecule has 6 rings (SSSR count). The van der Waals surface area contributed by atoms with Crippen molar-refractivity contribution in [2.45, 2.75) is 17.8 Å². The molecule has 0 unspecified atom stereocenters. The van der Waals surface area contributed by atoms with Crippen LogP contribution >= 0.6 is 0 Å². The van der Waals surface area contributed by atoms with Gasteiger partial charge in [0.15, 0.2) is 0 Å². The van der Waals surface area contributed by atoms with Gasteiger partial charge in [0.1, 0.15) is 0 Å². The standard InChI is InChI=1S/C33H20F6N6O6/c34-32(35,36)31(33(37,38)39,13-1-5-17-19(9-13)29(50)44(27(17)48)15-3-7-23(40)21(11-15)25(42)46)14-2-6-18-20(10-14)30(51)45(28(18)49)16-4-8-24(41)22(12-16)26(43)47/h1-12H,40-41H2,(H2,42,46)(H2,43,47). The minimum Gasteiger partial charge on any atom is -0.398 e. The van der Waals surface area contributed by atoms with Gasteiger partial charge in [-0.2, -0.15) is 26.3 Å². The van der Waals surface area contributed by atoms with Crippen molar-refractivity contribution in [3.05, 3.63) is 117 Å². The van der Waals surface area contributed by atoms with Crippen LogP contribution in [0, 0.1) is 0 Å². The number of benzene rings is 4. The summed E-state index contributed by atoms with van der Waals surface area (Å²) in [5.41, 5.74) is 9.66. The van der Waals surface area contributed by atoms with E-state index in [0.29, 0.717) is 34.1 Å². The Kier molecular flexibility index (Phi) is 7.47. The third-order valence-corrected chi connectivity index (χ3v) is 8.61. The molecule has 4 aromatic rings. The zero-order valence-corrected chi connectivity index (χ0v) is 25.3. The number of hydrogen-bond donors (Lipinski definition) is 4. The number of nitrogens with two attached hydrogens (primary N) is 4. The molecule has 0 bridgehead atoms. The van der Waals surface area contributed by atoms with Gasteiger partial charge >= 0.3 is 12.4 Å². The van der Waals surface area contributed by atoms with Gasteiger partial charge in [0.25, 0.3) is 35.4 Å². The molecule has 0 spiro atoms. The van der Waals surface area contributed by atoms with E-state index in [0.717, 1.165) is 36.4 Å². The molecule has 0 atom stereocenters. The number of halogens is 6. The van der Waals surface area contributed by atoms with Gasteiger partial charge in [-0.05, 0) is 71.8 Å². The Balaban J connectivity index is 1.50. The number of imide groups is 2. The molecule has 2 aliphatic heterocycles. The summed E-state index contributed by atoms with van der Waals surface area (Å²) in [6.07, 6.45) is -12.4. The number of carbonyl (C=O) groups excluding carboxylic acids is 6. The zero-order valence-electron chi connectivity index (χ0n) is 25.3. The highest BCUT2D eigenvalue weighted by Gasteiger charge is 2.73. The first kappa shape index (κ1) is 34.2. The average molecular weight is 711 g/mol. The molecule has 0 aromatic heterocycles. The third-order valence-electron chi connectivity index (χ3n) is 8.61. The van der Waals surface area contributed by atoms with Crippen LogP contribution in [0.1, 0.15) is 73.3 Å². The van der Waals surface area contributed by atoms with Crippen LogP contribution in [0.5, 0.6) is 0 Å². The summed E-state index contributed by atoms with van der Waals surface area (Å²) in [6, 6.07) is 8.91. The molecule has 12 nitrogen and oxygen atoms in total. The van der Waals surface area contributed by atoms with Gasteiger partial charge in [-0.15, -0.1) is 0 Å². The monoisotopic (exact) mass is 710 g/mol. The largest absolute Gasteiger partial charge is 0.411 e. The lowest BCUT2D eigenvalue weighted by molar-refractivity contribution is -0.288. The van der Waals surface area contributed by atoms with Crippen LogP contribution in [0.15, 0.2) is 72.8 Å². The van der Waals surface area contributed by atoms with E-state index in [1.54, 1.807) is 0 Å². The van der Waals surface area contributed by atoms with Gasteiger partial charge in [-0.1, -0.05) is 12.1 Å². The molecule has 0 saturated heterocycles. The average Bonchev–Trinajstić information content (AvgIpc) is 3.43. The van der Waals surface area contributed by atoms with Crippen LogP contribution in [-0.4, -0.2) is 47.8 Å². The van der Waals surface area contributed by atoms with Gasteiger partial charge in [0, 0.05) is 11.4 Å². The first-order valence-electron chi connectivity index (χ1n) is 14.3. The number of anilines is 4. The van der Waals surface area contributed by atoms with Crippen LogP contribution in [0.3, 0.4) is 0 Å². The highest BCUT2D eigenvalue weighted by atomic mass is 19.4. The Morgan fingerprint density at radius 3 is 1.14 bits per heavy atom. The summed E-state index contributed by atoms with van der Waals surface area (Å²) in [5, 5.41) is 0. The van der Waals surface area contributed by atoms with Crippen molar-refractivity contribution in [1.29, 1.82) is 0 Å². The van der Waals surface area contributed by atoms with Gasteiger partial charge < -0.3 is 22.9 Å². The Bertz CT molecular complexity index is 2130. The van der Waals surface area contributed by atoms with E-state index in [-0.39, 0.29) is 46.0 Å². The molecular formula is C33H20F6N6O6. The van der Waals surface area contributed by atoms with E-state index < -0.39 is 86.6 Å². The molecule has 51 heavy (non-hydrogen) atoms. The molecule has 260 valence electrons. The summed E-state index contributed by atoms with van der Waals surface area (Å²) in [7, 11) is 0. The number of primary amides is 2. The zero-order chi connectivity index (χ0) is 37.5. The fourth-order valence-electron chi connectivity index (χ4n) is 6.19. The maximum Gasteiger partial charge on any atom is 0.411 e. The minimum absolute atomic E-state index is 0.133. The van der Waals surface area contributed by atoms with E-state index >= 15 is 26.3 Å². The SMILES string of the molecule is NC(=O)c1cc(N2C(=O)c3ccc(C(c4ccc5c(c4)C(=O)N(c4ccc(N)c(C(N)=O)c4)C5=O)(C(F)(F)F)C(F)(F)F)cc3C2=O)ccc1N. The van der Waals surface area contributed by atoms with E-state index in [4.69, 9.17) is 22.9 Å². The highest BCUT2D eigenvalue weighted by Crippen LogP contribution is 2.57. The van der Waals surface area contributed by atoms with Crippen LogP contribution in [0.4, 0.5) is 49.1 Å². The van der Waals surface area contributed by atoms with Gasteiger partial charge in [-0.25, -0.2) is 9.80 Å². The summed E-state index contributed by atoms with van der Waals surface area (Å²) in [6.45, 7) is 0. The topological polar surface area (TPSA) is 213 Å². The lowest BCUT2D eigenvalue weighted by atomic mass is 9.71. The minimum atomic E-state index is -6.20. The lowest BCUT2D eigenvalue weighted by Gasteiger charge is -2.38. The highest BCUT2D eigenvalue weighted by molar-refractivity contribution is 6.35. The van der Waals surface area contributed by atoms with Crippen LogP contribution < -0.4 is 32.7 Å². The number of nitrogens with zero attached hydrogens (tertiary/aromatic N) is 2. The lowest BCUT2D eigenvalue weighted by Crippen LogP contribution is -2.55. The fourth-order valence-corrected chi connectivity index (χ4v) is 6.19. The van der Waals surface area contributed by atoms with E-state index in [9.17, 15) is 28.8 Å². The van der Waals surface area contributed by atoms with Crippen LogP contribution in [-0.2, 0) is 5.41 Å². The summed E-state index contributed by atoms with van der Waals surface area (Å²) in [5.74, 6) is -6.99. The number of carbonyl (C=O) groups is 6. The molecular weight excluding hydrogens is 690 g/mol. The molecule has 2 aliphatic rings. The molecule has 0 aliphatic carbocycles. The Labute approximate surface area is 281 Å². The number of hydrogen-bond acceptors (Lipinski definition) is 8. The van der Waals surface area contributed by atoms with Gasteiger partial charge in [0.05, 0.1) is 44.8 Å². The van der Waals surface area contributed by atoms with Crippen molar-refractivity contribution in [1.82, 2.24) is 0 Å². The Morgan fingerprint density at radius 2 is 0.824 bits per heavy atom. The molecule has 2 heterocycles. The van der Waals surface area contributed by atoms with Crippen LogP contribution in [0.2, 0.25) is 0 Å². The molecule has 4 aromatic carbocycles. The molecule has 0 fully saturated rings. The Hall–Kier alpha value is -6.72. The number of fused-ring (bicyclic) bond motifs is 2. The second-order valence-corrected chi connectivity index (χ2v) is 11.4. The predicted molar refractivity (Wildman–Crippen MR) is 167 cm³/mol.